The lowest BCUT2D eigenvalue weighted by Gasteiger charge is -2.15. The van der Waals surface area contributed by atoms with Crippen molar-refractivity contribution in [2.24, 2.45) is 5.92 Å². The number of rotatable bonds is 6. The number of nitrogens with zero attached hydrogens (tertiary/aromatic N) is 1. The fraction of sp³-hybridized carbons (Fsp3) is 0.524. The van der Waals surface area contributed by atoms with Crippen LogP contribution in [-0.2, 0) is 41.7 Å². The highest BCUT2D eigenvalue weighted by atomic mass is 32.8. The molecule has 0 amide bonds. The lowest BCUT2D eigenvalue weighted by Crippen LogP contribution is -2.20. The van der Waals surface area contributed by atoms with Crippen molar-refractivity contribution in [2.75, 3.05) is 5.32 Å². The van der Waals surface area contributed by atoms with Gasteiger partial charge in [-0.3, -0.25) is 9.89 Å². The number of carbonyl (C=O) groups is 1. The van der Waals surface area contributed by atoms with Crippen LogP contribution in [0.2, 0.25) is 0 Å². The predicted octanol–water partition coefficient (Wildman–Crippen LogP) is 4.61. The molecule has 29 heavy (non-hydrogen) atoms. The summed E-state index contributed by atoms with van der Waals surface area (Å²) >= 11 is 5.35. The molecular weight excluding hydrogens is 409 g/mol. The normalized spacial score (nSPS) is 24.3. The molecule has 1 fully saturated rings. The first-order valence-corrected chi connectivity index (χ1v) is 12.6. The molecule has 1 aromatic heterocycles. The molecule has 156 valence electrons. The summed E-state index contributed by atoms with van der Waals surface area (Å²) in [5.74, 6) is 1.89. The van der Waals surface area contributed by atoms with Gasteiger partial charge < -0.3 is 10.1 Å². The molecule has 2 aromatic rings. The molecule has 5 nitrogen and oxygen atoms in total. The summed E-state index contributed by atoms with van der Waals surface area (Å²) in [5.41, 5.74) is 3.19. The Morgan fingerprint density at radius 2 is 2.28 bits per heavy atom. The number of halogens is 1. The average molecular weight is 436 g/mol. The molecule has 1 aliphatic carbocycles. The van der Waals surface area contributed by atoms with Gasteiger partial charge in [0, 0.05) is 34.7 Å². The van der Waals surface area contributed by atoms with Crippen LogP contribution >= 0.6 is 0 Å². The topological polar surface area (TPSA) is 67.0 Å². The number of hydrogen-bond donors (Lipinski definition) is 2. The molecule has 0 spiro atoms. The zero-order valence-corrected chi connectivity index (χ0v) is 18.3. The number of esters is 1. The number of aromatic nitrogens is 2. The highest BCUT2D eigenvalue weighted by molar-refractivity contribution is 8.28. The Morgan fingerprint density at radius 1 is 1.45 bits per heavy atom. The van der Waals surface area contributed by atoms with Crippen molar-refractivity contribution in [3.63, 3.8) is 0 Å². The average Bonchev–Trinajstić information content (AvgIpc) is 3.43. The first kappa shape index (κ1) is 20.5. The highest BCUT2D eigenvalue weighted by Gasteiger charge is 2.31. The minimum Gasteiger partial charge on any atom is -0.462 e. The molecule has 0 saturated heterocycles. The minimum atomic E-state index is -0.218. The third-order valence-corrected chi connectivity index (χ3v) is 7.90. The van der Waals surface area contributed by atoms with E-state index < -0.39 is 0 Å². The summed E-state index contributed by atoms with van der Waals surface area (Å²) < 4.78 is 20.5. The van der Waals surface area contributed by atoms with Crippen LogP contribution in [0.15, 0.2) is 18.2 Å². The number of anilines is 2. The summed E-state index contributed by atoms with van der Waals surface area (Å²) in [6, 6.07) is 5.65. The molecule has 8 heteroatoms. The van der Waals surface area contributed by atoms with E-state index in [1.54, 1.807) is 6.07 Å². The van der Waals surface area contributed by atoms with Gasteiger partial charge in [-0.25, -0.2) is 4.39 Å². The number of nitrogens with one attached hydrogen (secondary N) is 2. The highest BCUT2D eigenvalue weighted by Crippen LogP contribution is 2.37. The smallest absolute Gasteiger partial charge is 0.308 e. The van der Waals surface area contributed by atoms with Gasteiger partial charge in [-0.1, -0.05) is 31.1 Å². The van der Waals surface area contributed by atoms with E-state index in [9.17, 15) is 9.18 Å². The van der Waals surface area contributed by atoms with Gasteiger partial charge in [0.25, 0.3) is 0 Å². The Hall–Kier alpha value is -1.80. The molecule has 4 rings (SSSR count). The molecule has 1 saturated carbocycles. The van der Waals surface area contributed by atoms with E-state index >= 15 is 0 Å². The Balaban J connectivity index is 1.39. The summed E-state index contributed by atoms with van der Waals surface area (Å²) in [6.45, 7) is 3.89. The lowest BCUT2D eigenvalue weighted by molar-refractivity contribution is -0.153. The third-order valence-electron chi connectivity index (χ3n) is 5.94. The van der Waals surface area contributed by atoms with Gasteiger partial charge in [-0.2, -0.15) is 5.10 Å². The van der Waals surface area contributed by atoms with Crippen LogP contribution in [0.4, 0.5) is 15.9 Å². The van der Waals surface area contributed by atoms with E-state index in [1.165, 1.54) is 0 Å². The quantitative estimate of drug-likeness (QED) is 0.649. The van der Waals surface area contributed by atoms with Crippen molar-refractivity contribution in [1.82, 2.24) is 10.2 Å². The number of hydrogen-bond acceptors (Lipinski definition) is 5. The first-order chi connectivity index (χ1) is 13.9. The van der Waals surface area contributed by atoms with E-state index in [4.69, 9.17) is 15.9 Å². The van der Waals surface area contributed by atoms with E-state index in [-0.39, 0.29) is 39.2 Å². The van der Waals surface area contributed by atoms with E-state index in [1.807, 2.05) is 26.0 Å². The van der Waals surface area contributed by atoms with Crippen molar-refractivity contribution in [3.05, 3.63) is 40.8 Å². The second kappa shape index (κ2) is 8.52. The third kappa shape index (κ3) is 4.38. The maximum absolute atomic E-state index is 14.8. The number of aromatic amines is 1. The van der Waals surface area contributed by atoms with Gasteiger partial charge in [-0.05, 0) is 37.3 Å². The van der Waals surface area contributed by atoms with E-state index in [0.29, 0.717) is 17.3 Å². The van der Waals surface area contributed by atoms with Gasteiger partial charge >= 0.3 is 5.97 Å². The molecule has 1 aliphatic heterocycles. The van der Waals surface area contributed by atoms with Gasteiger partial charge in [0.1, 0.15) is 6.10 Å². The van der Waals surface area contributed by atoms with Crippen LogP contribution in [0.1, 0.15) is 62.3 Å². The molecule has 0 bridgehead atoms. The Kier molecular flexibility index (Phi) is 6.01. The summed E-state index contributed by atoms with van der Waals surface area (Å²) in [5, 5.41) is 10.5. The largest absolute Gasteiger partial charge is 0.462 e. The van der Waals surface area contributed by atoms with Gasteiger partial charge in [0.15, 0.2) is 11.6 Å². The van der Waals surface area contributed by atoms with E-state index in [2.05, 4.69) is 15.5 Å². The monoisotopic (exact) mass is 435 g/mol. The maximum atomic E-state index is 14.8. The number of H-pyrrole nitrogens is 1. The van der Waals surface area contributed by atoms with Crippen molar-refractivity contribution in [1.29, 1.82) is 0 Å². The minimum absolute atomic E-state index is 0.0393. The SMILES string of the molecule is CCC(C)C(=O)OC1CCC(c2cc(Nc3ccc4c(c3F)CS(=S)C4)n[nH]2)C1. The summed E-state index contributed by atoms with van der Waals surface area (Å²) in [7, 11) is -0.186. The lowest BCUT2D eigenvalue weighted by atomic mass is 10.0. The van der Waals surface area contributed by atoms with E-state index in [0.717, 1.165) is 48.3 Å². The summed E-state index contributed by atoms with van der Waals surface area (Å²) in [6.07, 6.45) is 3.34. The fourth-order valence-corrected chi connectivity index (χ4v) is 6.05. The van der Waals surface area contributed by atoms with Crippen molar-refractivity contribution >= 4 is 38.1 Å². The molecule has 1 aromatic carbocycles. The van der Waals surface area contributed by atoms with Crippen LogP contribution < -0.4 is 5.32 Å². The van der Waals surface area contributed by atoms with Crippen molar-refractivity contribution in [3.8, 4) is 0 Å². The molecule has 0 radical (unpaired) electrons. The molecular formula is C21H26FN3O2S2. The van der Waals surface area contributed by atoms with Crippen LogP contribution in [0, 0.1) is 11.7 Å². The number of carbonyl (C=O) groups excluding carboxylic acids is 1. The van der Waals surface area contributed by atoms with Gasteiger partial charge in [0.05, 0.1) is 11.6 Å². The number of benzene rings is 1. The second-order valence-electron chi connectivity index (χ2n) is 8.00. The zero-order valence-electron chi connectivity index (χ0n) is 16.7. The predicted molar refractivity (Wildman–Crippen MR) is 116 cm³/mol. The number of fused-ring (bicyclic) bond motifs is 1. The fourth-order valence-electron chi connectivity index (χ4n) is 3.96. The Labute approximate surface area is 177 Å². The van der Waals surface area contributed by atoms with Crippen LogP contribution in [0.5, 0.6) is 0 Å². The Bertz CT molecular complexity index is 946. The second-order valence-corrected chi connectivity index (χ2v) is 10.9. The molecule has 2 N–H and O–H groups in total. The maximum Gasteiger partial charge on any atom is 0.308 e. The first-order valence-electron chi connectivity index (χ1n) is 10.1. The van der Waals surface area contributed by atoms with Crippen molar-refractivity contribution in [2.45, 2.75) is 63.1 Å². The van der Waals surface area contributed by atoms with Crippen LogP contribution in [-0.4, -0.2) is 22.3 Å². The van der Waals surface area contributed by atoms with Crippen molar-refractivity contribution < 1.29 is 13.9 Å². The zero-order chi connectivity index (χ0) is 20.5. The van der Waals surface area contributed by atoms with Gasteiger partial charge in [-0.15, -0.1) is 9.45 Å². The van der Waals surface area contributed by atoms with Crippen LogP contribution in [0.3, 0.4) is 0 Å². The molecule has 2 heterocycles. The van der Waals surface area contributed by atoms with Crippen LogP contribution in [0.25, 0.3) is 0 Å². The number of ether oxygens (including phenoxy) is 1. The standard InChI is InChI=1S/C21H26FN3O2S2/c1-3-12(2)21(26)27-15-6-4-13(8-15)18-9-19(25-24-18)23-17-7-5-14-10-29(28)11-16(14)20(17)22/h5,7,9,12-13,15H,3-4,6,8,10-11H2,1-2H3,(H2,23,24,25). The van der Waals surface area contributed by atoms with Gasteiger partial charge in [0.2, 0.25) is 0 Å². The summed E-state index contributed by atoms with van der Waals surface area (Å²) in [4.78, 5) is 12.0. The Morgan fingerprint density at radius 3 is 3.07 bits per heavy atom. The molecule has 4 atom stereocenters. The molecule has 4 unspecified atom stereocenters. The molecule has 2 aliphatic rings.